The lowest BCUT2D eigenvalue weighted by Crippen LogP contribution is -2.34. The number of halogens is 6. The summed E-state index contributed by atoms with van der Waals surface area (Å²) in [5, 5.41) is 2.44. The van der Waals surface area contributed by atoms with E-state index < -0.39 is 46.2 Å². The SMILES string of the molecule is Cl.NC1CCCC(Oc2ncncc2NC(=O)c2ccc(C(F)(F)F)c(-c3c(F)cccc3F)n2)C1. The largest absolute Gasteiger partial charge is 0.473 e. The summed E-state index contributed by atoms with van der Waals surface area (Å²) in [7, 11) is 0. The van der Waals surface area contributed by atoms with Crippen LogP contribution in [0.3, 0.4) is 0 Å². The van der Waals surface area contributed by atoms with E-state index in [9.17, 15) is 26.7 Å². The zero-order valence-corrected chi connectivity index (χ0v) is 19.4. The number of aromatic nitrogens is 3. The summed E-state index contributed by atoms with van der Waals surface area (Å²) in [5.41, 5.74) is 2.09. The molecule has 1 aliphatic rings. The third-order valence-electron chi connectivity index (χ3n) is 5.50. The Hall–Kier alpha value is -3.38. The fourth-order valence-electron chi connectivity index (χ4n) is 3.86. The molecule has 1 aliphatic carbocycles. The third kappa shape index (κ3) is 6.05. The number of ether oxygens (including phenoxy) is 1. The maximum absolute atomic E-state index is 14.3. The molecule has 1 fully saturated rings. The normalized spacial score (nSPS) is 17.7. The van der Waals surface area contributed by atoms with Crippen molar-refractivity contribution in [2.24, 2.45) is 5.73 Å². The first-order chi connectivity index (χ1) is 16.6. The van der Waals surface area contributed by atoms with E-state index >= 15 is 0 Å². The first-order valence-electron chi connectivity index (χ1n) is 10.7. The summed E-state index contributed by atoms with van der Waals surface area (Å²) >= 11 is 0. The molecular formula is C23H21ClF5N5O2. The quantitative estimate of drug-likeness (QED) is 0.443. The Morgan fingerprint density at radius 1 is 1.11 bits per heavy atom. The highest BCUT2D eigenvalue weighted by Crippen LogP contribution is 2.38. The molecule has 0 spiro atoms. The summed E-state index contributed by atoms with van der Waals surface area (Å²) in [5.74, 6) is -3.40. The Labute approximate surface area is 208 Å². The van der Waals surface area contributed by atoms with Crippen LogP contribution in [0.5, 0.6) is 5.88 Å². The van der Waals surface area contributed by atoms with Crippen molar-refractivity contribution in [1.82, 2.24) is 15.0 Å². The molecular weight excluding hydrogens is 509 g/mol. The molecule has 7 nitrogen and oxygen atoms in total. The highest BCUT2D eigenvalue weighted by molar-refractivity contribution is 6.03. The van der Waals surface area contributed by atoms with Crippen LogP contribution in [-0.2, 0) is 6.18 Å². The van der Waals surface area contributed by atoms with Crippen molar-refractivity contribution >= 4 is 24.0 Å². The lowest BCUT2D eigenvalue weighted by Gasteiger charge is -2.27. The fraction of sp³-hybridized carbons (Fsp3) is 0.304. The second-order valence-corrected chi connectivity index (χ2v) is 8.05. The van der Waals surface area contributed by atoms with E-state index in [-0.39, 0.29) is 36.1 Å². The number of pyridine rings is 1. The molecule has 192 valence electrons. The minimum absolute atomic E-state index is 0. The predicted molar refractivity (Wildman–Crippen MR) is 123 cm³/mol. The molecule has 0 radical (unpaired) electrons. The van der Waals surface area contributed by atoms with Crippen LogP contribution in [0.25, 0.3) is 11.3 Å². The van der Waals surface area contributed by atoms with E-state index in [0.717, 1.165) is 43.5 Å². The second kappa shape index (κ2) is 11.1. The van der Waals surface area contributed by atoms with Crippen LogP contribution < -0.4 is 15.8 Å². The minimum atomic E-state index is -4.97. The molecule has 2 atom stereocenters. The van der Waals surface area contributed by atoms with Crippen LogP contribution in [0.2, 0.25) is 0 Å². The average molecular weight is 530 g/mol. The molecule has 2 heterocycles. The van der Waals surface area contributed by atoms with Gasteiger partial charge in [0.25, 0.3) is 5.91 Å². The Bertz CT molecular complexity index is 1220. The van der Waals surface area contributed by atoms with Gasteiger partial charge in [0.05, 0.1) is 23.0 Å². The molecule has 4 rings (SSSR count). The molecule has 3 N–H and O–H groups in total. The van der Waals surface area contributed by atoms with Crippen LogP contribution in [-0.4, -0.2) is 33.0 Å². The maximum Gasteiger partial charge on any atom is 0.418 e. The summed E-state index contributed by atoms with van der Waals surface area (Å²) in [6, 6.07) is 3.94. The minimum Gasteiger partial charge on any atom is -0.473 e. The number of amides is 1. The molecule has 1 saturated carbocycles. The molecule has 36 heavy (non-hydrogen) atoms. The van der Waals surface area contributed by atoms with Gasteiger partial charge in [0, 0.05) is 6.04 Å². The Morgan fingerprint density at radius 3 is 2.50 bits per heavy atom. The highest BCUT2D eigenvalue weighted by Gasteiger charge is 2.36. The van der Waals surface area contributed by atoms with Gasteiger partial charge in [-0.2, -0.15) is 18.2 Å². The summed E-state index contributed by atoms with van der Waals surface area (Å²) < 4.78 is 75.1. The smallest absolute Gasteiger partial charge is 0.418 e. The molecule has 3 aromatic rings. The molecule has 0 saturated heterocycles. The average Bonchev–Trinajstić information content (AvgIpc) is 2.79. The van der Waals surface area contributed by atoms with E-state index in [1.54, 1.807) is 0 Å². The van der Waals surface area contributed by atoms with Gasteiger partial charge in [-0.05, 0) is 49.9 Å². The number of nitrogens with one attached hydrogen (secondary N) is 1. The van der Waals surface area contributed by atoms with Crippen LogP contribution >= 0.6 is 12.4 Å². The summed E-state index contributed by atoms with van der Waals surface area (Å²) in [6.45, 7) is 0. The van der Waals surface area contributed by atoms with Crippen LogP contribution in [0.1, 0.15) is 41.7 Å². The first-order valence-corrected chi connectivity index (χ1v) is 10.7. The number of carbonyl (C=O) groups is 1. The van der Waals surface area contributed by atoms with Gasteiger partial charge in [-0.3, -0.25) is 4.79 Å². The summed E-state index contributed by atoms with van der Waals surface area (Å²) in [6.07, 6.45) is 0.332. The van der Waals surface area contributed by atoms with E-state index in [4.69, 9.17) is 10.5 Å². The van der Waals surface area contributed by atoms with Gasteiger partial charge >= 0.3 is 6.18 Å². The second-order valence-electron chi connectivity index (χ2n) is 8.05. The number of hydrogen-bond donors (Lipinski definition) is 2. The van der Waals surface area contributed by atoms with Crippen molar-refractivity contribution in [3.8, 4) is 17.1 Å². The zero-order valence-electron chi connectivity index (χ0n) is 18.6. The van der Waals surface area contributed by atoms with Gasteiger partial charge in [-0.25, -0.2) is 18.7 Å². The van der Waals surface area contributed by atoms with E-state index in [2.05, 4.69) is 20.3 Å². The molecule has 1 amide bonds. The number of carbonyl (C=O) groups excluding carboxylic acids is 1. The number of alkyl halides is 3. The Kier molecular flexibility index (Phi) is 8.41. The maximum atomic E-state index is 14.3. The topological polar surface area (TPSA) is 103 Å². The Balaban J connectivity index is 0.00000361. The zero-order chi connectivity index (χ0) is 25.2. The third-order valence-corrected chi connectivity index (χ3v) is 5.50. The van der Waals surface area contributed by atoms with Gasteiger partial charge in [0.15, 0.2) is 0 Å². The fourth-order valence-corrected chi connectivity index (χ4v) is 3.86. The van der Waals surface area contributed by atoms with Crippen molar-refractivity contribution in [1.29, 1.82) is 0 Å². The van der Waals surface area contributed by atoms with E-state index in [0.29, 0.717) is 12.5 Å². The highest BCUT2D eigenvalue weighted by atomic mass is 35.5. The molecule has 2 aromatic heterocycles. The number of nitrogens with two attached hydrogens (primary N) is 1. The molecule has 1 aromatic carbocycles. The van der Waals surface area contributed by atoms with Crippen LogP contribution in [0, 0.1) is 11.6 Å². The van der Waals surface area contributed by atoms with Crippen molar-refractivity contribution in [2.45, 2.75) is 44.0 Å². The number of rotatable bonds is 5. The van der Waals surface area contributed by atoms with Crippen molar-refractivity contribution in [2.75, 3.05) is 5.32 Å². The van der Waals surface area contributed by atoms with Gasteiger partial charge < -0.3 is 15.8 Å². The number of benzene rings is 1. The van der Waals surface area contributed by atoms with E-state index in [1.165, 1.54) is 12.5 Å². The monoisotopic (exact) mass is 529 g/mol. The molecule has 13 heteroatoms. The van der Waals surface area contributed by atoms with Crippen LogP contribution in [0.15, 0.2) is 42.9 Å². The lowest BCUT2D eigenvalue weighted by atomic mass is 9.94. The predicted octanol–water partition coefficient (Wildman–Crippen LogP) is 5.16. The number of anilines is 1. The van der Waals surface area contributed by atoms with Crippen molar-refractivity contribution < 1.29 is 31.5 Å². The Morgan fingerprint density at radius 2 is 1.83 bits per heavy atom. The van der Waals surface area contributed by atoms with E-state index in [1.807, 2.05) is 0 Å². The van der Waals surface area contributed by atoms with Crippen LogP contribution in [0.4, 0.5) is 27.6 Å². The van der Waals surface area contributed by atoms with Gasteiger partial charge in [0.2, 0.25) is 5.88 Å². The number of hydrogen-bond acceptors (Lipinski definition) is 6. The van der Waals surface area contributed by atoms with Crippen molar-refractivity contribution in [3.63, 3.8) is 0 Å². The van der Waals surface area contributed by atoms with Gasteiger partial charge in [-0.15, -0.1) is 12.4 Å². The lowest BCUT2D eigenvalue weighted by molar-refractivity contribution is -0.137. The number of nitrogens with zero attached hydrogens (tertiary/aromatic N) is 3. The standard InChI is InChI=1S/C23H20F5N5O2.ClH/c24-15-5-2-6-16(25)19(15)20-14(23(26,27)28)7-8-17(32-20)21(34)33-18-10-30-11-31-22(18)35-13-4-1-3-12(29)9-13;/h2,5-8,10-13H,1,3-4,9,29H2,(H,33,34);1H. The summed E-state index contributed by atoms with van der Waals surface area (Å²) in [4.78, 5) is 24.4. The molecule has 0 aliphatic heterocycles. The van der Waals surface area contributed by atoms with Gasteiger partial charge in [0.1, 0.15) is 35.4 Å². The van der Waals surface area contributed by atoms with Crippen molar-refractivity contribution in [3.05, 3.63) is 65.7 Å². The molecule has 0 bridgehead atoms. The molecule has 2 unspecified atom stereocenters. The van der Waals surface area contributed by atoms with Gasteiger partial charge in [-0.1, -0.05) is 6.07 Å². The first kappa shape index (κ1) is 27.2.